The molecule has 2 aromatic rings. The first kappa shape index (κ1) is 12.1. The largest absolute Gasteiger partial charge is 0.485 e. The number of benzene rings is 2. The third kappa shape index (κ3) is 2.74. The lowest BCUT2D eigenvalue weighted by atomic mass is 10.3. The molecule has 1 atom stereocenters. The summed E-state index contributed by atoms with van der Waals surface area (Å²) in [5, 5.41) is -0.0410. The SMILES string of the molecule is O=C(Sc1ccccc1)C1COc2ccccc2O1. The average molecular weight is 272 g/mol. The molecule has 1 aliphatic heterocycles. The van der Waals surface area contributed by atoms with E-state index in [4.69, 9.17) is 9.47 Å². The molecule has 96 valence electrons. The highest BCUT2D eigenvalue weighted by Gasteiger charge is 2.27. The lowest BCUT2D eigenvalue weighted by Crippen LogP contribution is -2.34. The number of carbonyl (C=O) groups excluding carboxylic acids is 1. The van der Waals surface area contributed by atoms with Crippen molar-refractivity contribution in [3.05, 3.63) is 54.6 Å². The second kappa shape index (κ2) is 5.36. The Morgan fingerprint density at radius 2 is 1.68 bits per heavy atom. The second-order valence-electron chi connectivity index (χ2n) is 4.10. The molecule has 19 heavy (non-hydrogen) atoms. The van der Waals surface area contributed by atoms with Gasteiger partial charge in [-0.05, 0) is 36.0 Å². The number of thioether (sulfide) groups is 1. The van der Waals surface area contributed by atoms with Crippen LogP contribution in [-0.4, -0.2) is 17.8 Å². The zero-order valence-electron chi connectivity index (χ0n) is 10.1. The summed E-state index contributed by atoms with van der Waals surface area (Å²) < 4.78 is 11.2. The molecule has 1 aliphatic rings. The van der Waals surface area contributed by atoms with Gasteiger partial charge in [0.25, 0.3) is 0 Å². The second-order valence-corrected chi connectivity index (χ2v) is 5.18. The van der Waals surface area contributed by atoms with E-state index in [1.165, 1.54) is 11.8 Å². The van der Waals surface area contributed by atoms with Crippen LogP contribution in [0.4, 0.5) is 0 Å². The first-order chi connectivity index (χ1) is 9.33. The molecule has 0 spiro atoms. The van der Waals surface area contributed by atoms with E-state index in [2.05, 4.69) is 0 Å². The summed E-state index contributed by atoms with van der Waals surface area (Å²) in [5.74, 6) is 1.32. The summed E-state index contributed by atoms with van der Waals surface area (Å²) in [5.41, 5.74) is 0. The van der Waals surface area contributed by atoms with E-state index in [0.717, 1.165) is 4.90 Å². The van der Waals surface area contributed by atoms with E-state index in [-0.39, 0.29) is 11.7 Å². The summed E-state index contributed by atoms with van der Waals surface area (Å²) in [6, 6.07) is 16.9. The molecule has 0 fully saturated rings. The molecule has 3 nitrogen and oxygen atoms in total. The van der Waals surface area contributed by atoms with E-state index < -0.39 is 6.10 Å². The number of rotatable bonds is 2. The number of hydrogen-bond acceptors (Lipinski definition) is 4. The van der Waals surface area contributed by atoms with Crippen molar-refractivity contribution in [3.63, 3.8) is 0 Å². The Morgan fingerprint density at radius 3 is 2.47 bits per heavy atom. The molecule has 0 amide bonds. The van der Waals surface area contributed by atoms with Gasteiger partial charge < -0.3 is 9.47 Å². The van der Waals surface area contributed by atoms with E-state index in [1.807, 2.05) is 54.6 Å². The van der Waals surface area contributed by atoms with Gasteiger partial charge in [-0.25, -0.2) is 0 Å². The van der Waals surface area contributed by atoms with Gasteiger partial charge in [0.2, 0.25) is 11.2 Å². The van der Waals surface area contributed by atoms with Gasteiger partial charge in [-0.3, -0.25) is 4.79 Å². The maximum atomic E-state index is 12.1. The van der Waals surface area contributed by atoms with Gasteiger partial charge in [-0.2, -0.15) is 0 Å². The van der Waals surface area contributed by atoms with Gasteiger partial charge in [0.05, 0.1) is 0 Å². The smallest absolute Gasteiger partial charge is 0.237 e. The normalized spacial score (nSPS) is 16.9. The van der Waals surface area contributed by atoms with Crippen molar-refractivity contribution < 1.29 is 14.3 Å². The summed E-state index contributed by atoms with van der Waals surface area (Å²) in [6.07, 6.45) is -0.555. The van der Waals surface area contributed by atoms with Crippen LogP contribution in [0.15, 0.2) is 59.5 Å². The highest BCUT2D eigenvalue weighted by molar-refractivity contribution is 8.13. The maximum absolute atomic E-state index is 12.1. The van der Waals surface area contributed by atoms with Crippen molar-refractivity contribution in [2.24, 2.45) is 0 Å². The summed E-state index contributed by atoms with van der Waals surface area (Å²) >= 11 is 1.18. The van der Waals surface area contributed by atoms with Crippen molar-refractivity contribution in [1.82, 2.24) is 0 Å². The van der Waals surface area contributed by atoms with Crippen LogP contribution in [0.5, 0.6) is 11.5 Å². The van der Waals surface area contributed by atoms with Gasteiger partial charge in [-0.1, -0.05) is 30.3 Å². The van der Waals surface area contributed by atoms with Crippen molar-refractivity contribution in [2.75, 3.05) is 6.61 Å². The molecule has 1 heterocycles. The zero-order valence-corrected chi connectivity index (χ0v) is 10.9. The van der Waals surface area contributed by atoms with Crippen LogP contribution in [0.1, 0.15) is 0 Å². The maximum Gasteiger partial charge on any atom is 0.237 e. The molecule has 0 saturated heterocycles. The minimum Gasteiger partial charge on any atom is -0.485 e. The molecule has 0 radical (unpaired) electrons. The Labute approximate surface area is 115 Å². The Bertz CT molecular complexity index is 583. The summed E-state index contributed by atoms with van der Waals surface area (Å²) in [6.45, 7) is 0.260. The van der Waals surface area contributed by atoms with E-state index >= 15 is 0 Å². The minimum absolute atomic E-state index is 0.0410. The zero-order chi connectivity index (χ0) is 13.1. The Hall–Kier alpha value is -1.94. The quantitative estimate of drug-likeness (QED) is 0.787. The third-order valence-electron chi connectivity index (χ3n) is 2.73. The van der Waals surface area contributed by atoms with Crippen LogP contribution >= 0.6 is 11.8 Å². The minimum atomic E-state index is -0.555. The van der Waals surface area contributed by atoms with Crippen LogP contribution in [-0.2, 0) is 4.79 Å². The number of para-hydroxylation sites is 2. The number of hydrogen-bond donors (Lipinski definition) is 0. The van der Waals surface area contributed by atoms with Crippen molar-refractivity contribution in [1.29, 1.82) is 0 Å². The predicted octanol–water partition coefficient (Wildman–Crippen LogP) is 3.15. The Morgan fingerprint density at radius 1 is 1.00 bits per heavy atom. The van der Waals surface area contributed by atoms with Crippen LogP contribution in [0, 0.1) is 0 Å². The third-order valence-corrected chi connectivity index (χ3v) is 3.71. The lowest BCUT2D eigenvalue weighted by molar-refractivity contribution is -0.119. The Balaban J connectivity index is 1.70. The first-order valence-electron chi connectivity index (χ1n) is 5.98. The van der Waals surface area contributed by atoms with E-state index in [1.54, 1.807) is 0 Å². The monoisotopic (exact) mass is 272 g/mol. The van der Waals surface area contributed by atoms with Crippen LogP contribution in [0.3, 0.4) is 0 Å². The Kier molecular flexibility index (Phi) is 3.42. The lowest BCUT2D eigenvalue weighted by Gasteiger charge is -2.25. The van der Waals surface area contributed by atoms with E-state index in [9.17, 15) is 4.79 Å². The molecule has 4 heteroatoms. The topological polar surface area (TPSA) is 35.5 Å². The number of carbonyl (C=O) groups is 1. The molecule has 3 rings (SSSR count). The average Bonchev–Trinajstić information content (AvgIpc) is 2.48. The fourth-order valence-electron chi connectivity index (χ4n) is 1.81. The van der Waals surface area contributed by atoms with E-state index in [0.29, 0.717) is 11.5 Å². The first-order valence-corrected chi connectivity index (χ1v) is 6.80. The van der Waals surface area contributed by atoms with Crippen molar-refractivity contribution in [3.8, 4) is 11.5 Å². The van der Waals surface area contributed by atoms with Gasteiger partial charge in [0.1, 0.15) is 6.61 Å². The molecular weight excluding hydrogens is 260 g/mol. The molecule has 0 aliphatic carbocycles. The highest BCUT2D eigenvalue weighted by Crippen LogP contribution is 2.32. The van der Waals surface area contributed by atoms with Crippen LogP contribution in [0.25, 0.3) is 0 Å². The van der Waals surface area contributed by atoms with Gasteiger partial charge in [0, 0.05) is 4.90 Å². The van der Waals surface area contributed by atoms with Crippen LogP contribution < -0.4 is 9.47 Å². The molecule has 0 aromatic heterocycles. The summed E-state index contributed by atoms with van der Waals surface area (Å²) in [7, 11) is 0. The number of fused-ring (bicyclic) bond motifs is 1. The number of ether oxygens (including phenoxy) is 2. The standard InChI is InChI=1S/C15H12O3S/c16-15(19-11-6-2-1-3-7-11)14-10-17-12-8-4-5-9-13(12)18-14/h1-9,14H,10H2. The molecular formula is C15H12O3S. The molecule has 0 N–H and O–H groups in total. The van der Waals surface area contributed by atoms with Gasteiger partial charge in [0.15, 0.2) is 11.5 Å². The molecule has 0 saturated carbocycles. The van der Waals surface area contributed by atoms with Crippen molar-refractivity contribution >= 4 is 16.9 Å². The molecule has 0 bridgehead atoms. The molecule has 2 aromatic carbocycles. The fraction of sp³-hybridized carbons (Fsp3) is 0.133. The van der Waals surface area contributed by atoms with Crippen LogP contribution in [0.2, 0.25) is 0 Å². The van der Waals surface area contributed by atoms with Gasteiger partial charge >= 0.3 is 0 Å². The molecule has 1 unspecified atom stereocenters. The predicted molar refractivity (Wildman–Crippen MR) is 73.7 cm³/mol. The highest BCUT2D eigenvalue weighted by atomic mass is 32.2. The van der Waals surface area contributed by atoms with Crippen molar-refractivity contribution in [2.45, 2.75) is 11.0 Å². The summed E-state index contributed by atoms with van der Waals surface area (Å²) in [4.78, 5) is 13.0. The fourth-order valence-corrected chi connectivity index (χ4v) is 2.58. The van der Waals surface area contributed by atoms with Gasteiger partial charge in [-0.15, -0.1) is 0 Å².